The number of nitrogens with one attached hydrogen (secondary N) is 1. The fourth-order valence-corrected chi connectivity index (χ4v) is 4.52. The molecule has 35 heavy (non-hydrogen) atoms. The minimum absolute atomic E-state index is 0.0263. The van der Waals surface area contributed by atoms with Crippen molar-refractivity contribution < 1.29 is 29.0 Å². The number of hydrogen-bond acceptors (Lipinski definition) is 7. The van der Waals surface area contributed by atoms with Crippen LogP contribution in [0.5, 0.6) is 11.5 Å². The average molecular weight is 515 g/mol. The number of amides is 2. The van der Waals surface area contributed by atoms with E-state index in [1.54, 1.807) is 24.3 Å². The number of thioether (sulfide) groups is 1. The van der Waals surface area contributed by atoms with Crippen molar-refractivity contribution in [1.29, 1.82) is 0 Å². The van der Waals surface area contributed by atoms with Gasteiger partial charge >= 0.3 is 5.97 Å². The van der Waals surface area contributed by atoms with E-state index in [4.69, 9.17) is 26.8 Å². The summed E-state index contributed by atoms with van der Waals surface area (Å²) in [5.74, 6) is -0.801. The highest BCUT2D eigenvalue weighted by molar-refractivity contribution is 8.26. The second-order valence-electron chi connectivity index (χ2n) is 7.75. The third-order valence-electron chi connectivity index (χ3n) is 5.14. The Balaban J connectivity index is 1.68. The third kappa shape index (κ3) is 7.06. The smallest absolute Gasteiger partial charge is 0.305 e. The number of carbonyl (C=O) groups excluding carboxylic acids is 2. The van der Waals surface area contributed by atoms with Gasteiger partial charge in [0.05, 0.1) is 17.9 Å². The van der Waals surface area contributed by atoms with Crippen molar-refractivity contribution in [3.8, 4) is 11.5 Å². The maximum absolute atomic E-state index is 12.6. The first-order chi connectivity index (χ1) is 16.7. The number of benzene rings is 2. The number of rotatable bonds is 10. The van der Waals surface area contributed by atoms with Gasteiger partial charge in [0.2, 0.25) is 0 Å². The molecule has 0 aliphatic carbocycles. The number of carboxylic acids is 1. The molecule has 2 N–H and O–H groups in total. The van der Waals surface area contributed by atoms with Crippen LogP contribution in [-0.2, 0) is 14.4 Å². The lowest BCUT2D eigenvalue weighted by molar-refractivity contribution is -0.137. The van der Waals surface area contributed by atoms with Gasteiger partial charge in [0.1, 0.15) is 4.32 Å². The molecule has 0 spiro atoms. The molecule has 2 amide bonds. The lowest BCUT2D eigenvalue weighted by Crippen LogP contribution is -2.30. The molecule has 0 aromatic heterocycles. The monoisotopic (exact) mass is 514 g/mol. The van der Waals surface area contributed by atoms with Crippen molar-refractivity contribution in [2.75, 3.05) is 25.1 Å². The number of aryl methyl sites for hydroxylation is 2. The maximum atomic E-state index is 12.6. The van der Waals surface area contributed by atoms with Gasteiger partial charge < -0.3 is 19.9 Å². The van der Waals surface area contributed by atoms with Gasteiger partial charge in [-0.1, -0.05) is 36.1 Å². The minimum Gasteiger partial charge on any atom is -0.490 e. The Hall–Kier alpha value is -3.37. The first-order valence-corrected chi connectivity index (χ1v) is 12.1. The molecule has 1 aliphatic heterocycles. The zero-order valence-corrected chi connectivity index (χ0v) is 21.3. The first kappa shape index (κ1) is 26.2. The Morgan fingerprint density at radius 2 is 1.89 bits per heavy atom. The highest BCUT2D eigenvalue weighted by Crippen LogP contribution is 2.35. The van der Waals surface area contributed by atoms with E-state index in [-0.39, 0.29) is 31.4 Å². The predicted octanol–water partition coefficient (Wildman–Crippen LogP) is 4.40. The summed E-state index contributed by atoms with van der Waals surface area (Å²) in [5.41, 5.74) is 3.60. The van der Waals surface area contributed by atoms with Gasteiger partial charge in [-0.05, 0) is 67.8 Å². The molecule has 1 heterocycles. The van der Waals surface area contributed by atoms with Gasteiger partial charge in [-0.25, -0.2) is 0 Å². The van der Waals surface area contributed by atoms with E-state index in [1.165, 1.54) is 4.90 Å². The number of hydrogen-bond donors (Lipinski definition) is 2. The van der Waals surface area contributed by atoms with Crippen molar-refractivity contribution in [2.45, 2.75) is 27.2 Å². The van der Waals surface area contributed by atoms with Crippen molar-refractivity contribution >= 4 is 57.8 Å². The molecule has 1 fully saturated rings. The summed E-state index contributed by atoms with van der Waals surface area (Å²) in [7, 11) is 0. The SMILES string of the molecule is CCOc1cc(/C=C2\SC(=S)N(CCC(=O)O)C2=O)ccc1OCC(=O)Nc1ccc(C)c(C)c1. The average Bonchev–Trinajstić information content (AvgIpc) is 3.06. The molecule has 8 nitrogen and oxygen atoms in total. The van der Waals surface area contributed by atoms with E-state index in [0.29, 0.717) is 38.6 Å². The third-order valence-corrected chi connectivity index (χ3v) is 6.52. The van der Waals surface area contributed by atoms with Crippen LogP contribution in [0.1, 0.15) is 30.0 Å². The fourth-order valence-electron chi connectivity index (χ4n) is 3.21. The van der Waals surface area contributed by atoms with Crippen molar-refractivity contribution in [2.24, 2.45) is 0 Å². The Morgan fingerprint density at radius 1 is 1.11 bits per heavy atom. The second kappa shape index (κ2) is 11.9. The van der Waals surface area contributed by atoms with E-state index in [2.05, 4.69) is 5.32 Å². The Bertz CT molecular complexity index is 1190. The Kier molecular flexibility index (Phi) is 8.89. The molecule has 0 atom stereocenters. The van der Waals surface area contributed by atoms with Gasteiger partial charge in [-0.15, -0.1) is 0 Å². The quantitative estimate of drug-likeness (QED) is 0.355. The number of aliphatic carboxylic acids is 1. The van der Waals surface area contributed by atoms with Crippen molar-refractivity contribution in [3.63, 3.8) is 0 Å². The number of carbonyl (C=O) groups is 3. The predicted molar refractivity (Wildman–Crippen MR) is 140 cm³/mol. The fraction of sp³-hybridized carbons (Fsp3) is 0.280. The highest BCUT2D eigenvalue weighted by atomic mass is 32.2. The summed E-state index contributed by atoms with van der Waals surface area (Å²) in [6.07, 6.45) is 1.48. The van der Waals surface area contributed by atoms with Crippen LogP contribution in [0.4, 0.5) is 5.69 Å². The van der Waals surface area contributed by atoms with Gasteiger partial charge in [-0.3, -0.25) is 19.3 Å². The van der Waals surface area contributed by atoms with Gasteiger partial charge in [0, 0.05) is 12.2 Å². The molecule has 184 valence electrons. The van der Waals surface area contributed by atoms with Crippen LogP contribution in [0, 0.1) is 13.8 Å². The molecule has 1 aliphatic rings. The molecule has 0 unspecified atom stereocenters. The molecule has 0 radical (unpaired) electrons. The number of carboxylic acid groups (broad SMARTS) is 1. The van der Waals surface area contributed by atoms with Crippen LogP contribution < -0.4 is 14.8 Å². The summed E-state index contributed by atoms with van der Waals surface area (Å²) in [6.45, 7) is 6.02. The van der Waals surface area contributed by atoms with Crippen LogP contribution in [0.3, 0.4) is 0 Å². The van der Waals surface area contributed by atoms with Crippen LogP contribution in [-0.4, -0.2) is 51.9 Å². The summed E-state index contributed by atoms with van der Waals surface area (Å²) >= 11 is 6.34. The summed E-state index contributed by atoms with van der Waals surface area (Å²) in [6, 6.07) is 10.8. The zero-order chi connectivity index (χ0) is 25.5. The summed E-state index contributed by atoms with van der Waals surface area (Å²) in [5, 5.41) is 11.7. The van der Waals surface area contributed by atoms with E-state index >= 15 is 0 Å². The molecule has 2 aromatic carbocycles. The Labute approximate surface area is 213 Å². The van der Waals surface area contributed by atoms with E-state index in [0.717, 1.165) is 22.9 Å². The van der Waals surface area contributed by atoms with Crippen LogP contribution in [0.2, 0.25) is 0 Å². The molecule has 1 saturated heterocycles. The number of thiocarbonyl (C=S) groups is 1. The van der Waals surface area contributed by atoms with Crippen LogP contribution in [0.15, 0.2) is 41.3 Å². The molecule has 2 aromatic rings. The number of ether oxygens (including phenoxy) is 2. The second-order valence-corrected chi connectivity index (χ2v) is 9.43. The number of nitrogens with zero attached hydrogens (tertiary/aromatic N) is 1. The van der Waals surface area contributed by atoms with Crippen LogP contribution >= 0.6 is 24.0 Å². The standard InChI is InChI=1S/C25H26N2O6S2/c1-4-32-20-12-17(13-21-24(31)27(25(34)35-21)10-9-23(29)30)6-8-19(20)33-14-22(28)26-18-7-5-15(2)16(3)11-18/h5-8,11-13H,4,9-10,14H2,1-3H3,(H,26,28)(H,29,30)/b21-13-. The first-order valence-electron chi connectivity index (χ1n) is 10.9. The molecule has 0 saturated carbocycles. The van der Waals surface area contributed by atoms with Gasteiger partial charge in [-0.2, -0.15) is 0 Å². The minimum atomic E-state index is -0.998. The van der Waals surface area contributed by atoms with Crippen molar-refractivity contribution in [3.05, 3.63) is 58.0 Å². The maximum Gasteiger partial charge on any atom is 0.305 e. The van der Waals surface area contributed by atoms with E-state index in [1.807, 2.05) is 39.0 Å². The zero-order valence-electron chi connectivity index (χ0n) is 19.6. The summed E-state index contributed by atoms with van der Waals surface area (Å²) < 4.78 is 11.7. The molecule has 3 rings (SSSR count). The molecule has 10 heteroatoms. The Morgan fingerprint density at radius 3 is 2.57 bits per heavy atom. The lowest BCUT2D eigenvalue weighted by Gasteiger charge is -2.13. The molecular formula is C25H26N2O6S2. The normalized spacial score (nSPS) is 14.4. The van der Waals surface area contributed by atoms with E-state index < -0.39 is 5.97 Å². The topological polar surface area (TPSA) is 105 Å². The number of anilines is 1. The van der Waals surface area contributed by atoms with Crippen molar-refractivity contribution in [1.82, 2.24) is 4.90 Å². The molecule has 0 bridgehead atoms. The lowest BCUT2D eigenvalue weighted by atomic mass is 10.1. The van der Waals surface area contributed by atoms with Gasteiger partial charge in [0.15, 0.2) is 18.1 Å². The largest absolute Gasteiger partial charge is 0.490 e. The molecular weight excluding hydrogens is 488 g/mol. The van der Waals surface area contributed by atoms with Crippen LogP contribution in [0.25, 0.3) is 6.08 Å². The highest BCUT2D eigenvalue weighted by Gasteiger charge is 2.32. The summed E-state index contributed by atoms with van der Waals surface area (Å²) in [4.78, 5) is 37.5. The van der Waals surface area contributed by atoms with Gasteiger partial charge in [0.25, 0.3) is 11.8 Å². The van der Waals surface area contributed by atoms with E-state index in [9.17, 15) is 14.4 Å².